The fraction of sp³-hybridized carbons (Fsp3) is 1.00. The van der Waals surface area contributed by atoms with Gasteiger partial charge in [-0.25, -0.2) is 4.57 Å². The SMILES string of the molecule is CC(CCO)OP=O. The molecule has 1 unspecified atom stereocenters. The first-order chi connectivity index (χ1) is 3.81. The van der Waals surface area contributed by atoms with Crippen LogP contribution in [0.5, 0.6) is 0 Å². The largest absolute Gasteiger partial charge is 0.396 e. The molecule has 0 heterocycles. The minimum Gasteiger partial charge on any atom is -0.396 e. The van der Waals surface area contributed by atoms with Crippen LogP contribution in [0.2, 0.25) is 0 Å². The van der Waals surface area contributed by atoms with Crippen molar-refractivity contribution in [1.82, 2.24) is 0 Å². The highest BCUT2D eigenvalue weighted by Gasteiger charge is 1.98. The summed E-state index contributed by atoms with van der Waals surface area (Å²) in [5, 5.41) is 8.28. The van der Waals surface area contributed by atoms with Gasteiger partial charge in [-0.2, -0.15) is 0 Å². The minimum absolute atomic E-state index is 0.0800. The van der Waals surface area contributed by atoms with Gasteiger partial charge in [0.25, 0.3) is 0 Å². The van der Waals surface area contributed by atoms with Crippen LogP contribution in [0.15, 0.2) is 0 Å². The van der Waals surface area contributed by atoms with Crippen LogP contribution in [0.1, 0.15) is 13.3 Å². The highest BCUT2D eigenvalue weighted by Crippen LogP contribution is 2.04. The molecule has 1 N–H and O–H groups in total. The molecule has 0 amide bonds. The Morgan fingerprint density at radius 2 is 2.50 bits per heavy atom. The van der Waals surface area contributed by atoms with Crippen LogP contribution in [-0.2, 0) is 9.09 Å². The van der Waals surface area contributed by atoms with E-state index in [1.54, 1.807) is 6.92 Å². The van der Waals surface area contributed by atoms with Crippen molar-refractivity contribution in [2.24, 2.45) is 0 Å². The molecule has 8 heavy (non-hydrogen) atoms. The molecule has 0 spiro atoms. The van der Waals surface area contributed by atoms with Gasteiger partial charge in [-0.05, 0) is 13.3 Å². The van der Waals surface area contributed by atoms with Crippen molar-refractivity contribution < 1.29 is 14.2 Å². The summed E-state index contributed by atoms with van der Waals surface area (Å²) in [7, 11) is -0.312. The summed E-state index contributed by atoms with van der Waals surface area (Å²) < 4.78 is 14.2. The number of hydrogen-bond acceptors (Lipinski definition) is 3. The van der Waals surface area contributed by atoms with E-state index in [0.717, 1.165) is 0 Å². The van der Waals surface area contributed by atoms with Crippen LogP contribution < -0.4 is 0 Å². The molecule has 0 rings (SSSR count). The van der Waals surface area contributed by atoms with Crippen LogP contribution in [0.25, 0.3) is 0 Å². The third-order valence-corrected chi connectivity index (χ3v) is 1.20. The first-order valence-electron chi connectivity index (χ1n) is 2.40. The Morgan fingerprint density at radius 3 is 2.88 bits per heavy atom. The first-order valence-corrected chi connectivity index (χ1v) is 3.13. The van der Waals surface area contributed by atoms with E-state index < -0.39 is 0 Å². The average Bonchev–Trinajstić information content (AvgIpc) is 1.68. The number of aliphatic hydroxyl groups is 1. The summed E-state index contributed by atoms with van der Waals surface area (Å²) in [5.41, 5.74) is 0. The van der Waals surface area contributed by atoms with Gasteiger partial charge >= 0.3 is 8.69 Å². The Kier molecular flexibility index (Phi) is 5.18. The molecule has 48 valence electrons. The summed E-state index contributed by atoms with van der Waals surface area (Å²) in [6, 6.07) is 0. The van der Waals surface area contributed by atoms with E-state index >= 15 is 0 Å². The van der Waals surface area contributed by atoms with Crippen molar-refractivity contribution in [3.05, 3.63) is 0 Å². The molecule has 3 nitrogen and oxygen atoms in total. The van der Waals surface area contributed by atoms with Crippen molar-refractivity contribution in [1.29, 1.82) is 0 Å². The van der Waals surface area contributed by atoms with Crippen molar-refractivity contribution in [2.45, 2.75) is 19.4 Å². The fourth-order valence-corrected chi connectivity index (χ4v) is 0.560. The second-order valence-electron chi connectivity index (χ2n) is 1.50. The zero-order chi connectivity index (χ0) is 6.41. The van der Waals surface area contributed by atoms with E-state index in [1.165, 1.54) is 0 Å². The highest BCUT2D eigenvalue weighted by molar-refractivity contribution is 7.17. The second-order valence-corrected chi connectivity index (χ2v) is 1.86. The van der Waals surface area contributed by atoms with Gasteiger partial charge in [0, 0.05) is 6.61 Å². The summed E-state index contributed by atoms with van der Waals surface area (Å²) in [6.07, 6.45) is 0.425. The molecule has 0 bridgehead atoms. The van der Waals surface area contributed by atoms with Crippen molar-refractivity contribution >= 4 is 8.69 Å². The Bertz CT molecular complexity index is 66.3. The Morgan fingerprint density at radius 1 is 1.88 bits per heavy atom. The number of rotatable bonds is 4. The normalized spacial score (nSPS) is 14.2. The van der Waals surface area contributed by atoms with Crippen molar-refractivity contribution in [2.75, 3.05) is 6.61 Å². The van der Waals surface area contributed by atoms with Crippen LogP contribution in [0.4, 0.5) is 0 Å². The molecular weight excluding hydrogens is 127 g/mol. The number of aliphatic hydroxyl groups excluding tert-OH is 1. The monoisotopic (exact) mass is 136 g/mol. The third-order valence-electron chi connectivity index (χ3n) is 0.759. The predicted octanol–water partition coefficient (Wildman–Crippen LogP) is 0.981. The third kappa shape index (κ3) is 4.19. The predicted molar refractivity (Wildman–Crippen MR) is 29.9 cm³/mol. The van der Waals surface area contributed by atoms with Gasteiger partial charge in [-0.1, -0.05) is 0 Å². The van der Waals surface area contributed by atoms with E-state index in [0.29, 0.717) is 6.42 Å². The van der Waals surface area contributed by atoms with Gasteiger partial charge in [0.15, 0.2) is 0 Å². The number of hydrogen-bond donors (Lipinski definition) is 1. The summed E-state index contributed by atoms with van der Waals surface area (Å²) in [6.45, 7) is 1.83. The quantitative estimate of drug-likeness (QED) is 0.586. The van der Waals surface area contributed by atoms with Gasteiger partial charge in [0.1, 0.15) is 0 Å². The molecule has 1 atom stereocenters. The van der Waals surface area contributed by atoms with Crippen LogP contribution in [-0.4, -0.2) is 17.8 Å². The molecule has 0 fully saturated rings. The molecular formula is C4H9O3P. The highest BCUT2D eigenvalue weighted by atomic mass is 31.1. The van der Waals surface area contributed by atoms with Crippen LogP contribution >= 0.6 is 8.69 Å². The summed E-state index contributed by atoms with van der Waals surface area (Å²) in [4.78, 5) is 0. The lowest BCUT2D eigenvalue weighted by Gasteiger charge is -2.01. The molecule has 4 heteroatoms. The van der Waals surface area contributed by atoms with E-state index in [2.05, 4.69) is 4.52 Å². The Hall–Kier alpha value is 0.0200. The topological polar surface area (TPSA) is 46.5 Å². The van der Waals surface area contributed by atoms with Gasteiger partial charge < -0.3 is 5.11 Å². The zero-order valence-corrected chi connectivity index (χ0v) is 5.60. The zero-order valence-electron chi connectivity index (χ0n) is 4.70. The molecule has 0 aliphatic heterocycles. The summed E-state index contributed by atoms with van der Waals surface area (Å²) >= 11 is 0. The van der Waals surface area contributed by atoms with Crippen LogP contribution in [0, 0.1) is 0 Å². The maximum Gasteiger partial charge on any atom is 0.327 e. The lowest BCUT2D eigenvalue weighted by molar-refractivity contribution is 0.183. The van der Waals surface area contributed by atoms with Gasteiger partial charge in [-0.15, -0.1) is 0 Å². The van der Waals surface area contributed by atoms with E-state index in [-0.39, 0.29) is 21.4 Å². The average molecular weight is 136 g/mol. The van der Waals surface area contributed by atoms with Crippen molar-refractivity contribution in [3.63, 3.8) is 0 Å². The molecule has 0 radical (unpaired) electrons. The Balaban J connectivity index is 3.03. The first kappa shape index (κ1) is 8.02. The van der Waals surface area contributed by atoms with Gasteiger partial charge in [-0.3, -0.25) is 4.52 Å². The van der Waals surface area contributed by atoms with Crippen molar-refractivity contribution in [3.8, 4) is 0 Å². The molecule has 0 aromatic heterocycles. The van der Waals surface area contributed by atoms with E-state index in [4.69, 9.17) is 5.11 Å². The molecule has 0 aliphatic rings. The van der Waals surface area contributed by atoms with E-state index in [1.807, 2.05) is 0 Å². The molecule has 0 saturated carbocycles. The Labute approximate surface area is 49.9 Å². The molecule has 0 aromatic rings. The lowest BCUT2D eigenvalue weighted by Crippen LogP contribution is -2.03. The fourth-order valence-electron chi connectivity index (χ4n) is 0.308. The smallest absolute Gasteiger partial charge is 0.327 e. The summed E-state index contributed by atoms with van der Waals surface area (Å²) in [5.74, 6) is 0. The standard InChI is InChI=1S/C4H9O3P/c1-4(2-3-5)7-8-6/h4-5H,2-3H2,1H3. The maximum atomic E-state index is 9.68. The maximum absolute atomic E-state index is 9.68. The lowest BCUT2D eigenvalue weighted by atomic mass is 10.3. The van der Waals surface area contributed by atoms with Gasteiger partial charge in [0.05, 0.1) is 6.10 Å². The van der Waals surface area contributed by atoms with Crippen LogP contribution in [0.3, 0.4) is 0 Å². The second kappa shape index (κ2) is 5.16. The molecule has 0 saturated heterocycles. The molecule has 0 aromatic carbocycles. The van der Waals surface area contributed by atoms with Gasteiger partial charge in [0.2, 0.25) is 0 Å². The molecule has 0 aliphatic carbocycles. The minimum atomic E-state index is -0.312. The van der Waals surface area contributed by atoms with E-state index in [9.17, 15) is 4.57 Å².